The molecule has 0 spiro atoms. The monoisotopic (exact) mass is 435 g/mol. The van der Waals surface area contributed by atoms with Crippen LogP contribution in [-0.2, 0) is 6.42 Å². The van der Waals surface area contributed by atoms with Crippen molar-refractivity contribution >= 4 is 34.6 Å². The number of hydrogen-bond acceptors (Lipinski definition) is 5. The van der Waals surface area contributed by atoms with Crippen LogP contribution in [0.4, 0.5) is 11.4 Å². The van der Waals surface area contributed by atoms with Crippen LogP contribution in [0.25, 0.3) is 0 Å². The van der Waals surface area contributed by atoms with Crippen LogP contribution < -0.4 is 15.4 Å². The van der Waals surface area contributed by atoms with E-state index in [-0.39, 0.29) is 10.8 Å². The van der Waals surface area contributed by atoms with Crippen LogP contribution in [0.2, 0.25) is 0 Å². The van der Waals surface area contributed by atoms with E-state index in [9.17, 15) is 14.9 Å². The van der Waals surface area contributed by atoms with Gasteiger partial charge in [0.1, 0.15) is 5.75 Å². The van der Waals surface area contributed by atoms with Gasteiger partial charge in [0.15, 0.2) is 5.11 Å². The predicted octanol–water partition coefficient (Wildman–Crippen LogP) is 4.65. The summed E-state index contributed by atoms with van der Waals surface area (Å²) in [5.41, 5.74) is 2.33. The standard InChI is InChI=1S/C23H21N3O4S/c1-16-19(11-7-12-20(16)26(28)29)24-23(31)25-22(27)18-10-5-6-13-21(18)30-15-14-17-8-3-2-4-9-17/h2-13H,14-15H2,1H3,(H2,24,25,27,31). The minimum atomic E-state index is -0.467. The highest BCUT2D eigenvalue weighted by Gasteiger charge is 2.16. The predicted molar refractivity (Wildman–Crippen MR) is 124 cm³/mol. The summed E-state index contributed by atoms with van der Waals surface area (Å²) in [6, 6.07) is 21.4. The number of anilines is 1. The normalized spacial score (nSPS) is 10.2. The molecule has 2 N–H and O–H groups in total. The summed E-state index contributed by atoms with van der Waals surface area (Å²) in [6.45, 7) is 2.03. The molecule has 0 aliphatic heterocycles. The number of nitrogens with one attached hydrogen (secondary N) is 2. The third-order valence-corrected chi connectivity index (χ3v) is 4.80. The third kappa shape index (κ3) is 5.86. The number of rotatable bonds is 7. The molecular formula is C23H21N3O4S. The van der Waals surface area contributed by atoms with Gasteiger partial charge in [0.25, 0.3) is 11.6 Å². The number of benzene rings is 3. The number of para-hydroxylation sites is 1. The van der Waals surface area contributed by atoms with Crippen LogP contribution >= 0.6 is 12.2 Å². The maximum absolute atomic E-state index is 12.7. The fourth-order valence-corrected chi connectivity index (χ4v) is 3.19. The highest BCUT2D eigenvalue weighted by molar-refractivity contribution is 7.80. The van der Waals surface area contributed by atoms with Gasteiger partial charge in [0.05, 0.1) is 28.3 Å². The van der Waals surface area contributed by atoms with Gasteiger partial charge in [0.2, 0.25) is 0 Å². The van der Waals surface area contributed by atoms with Gasteiger partial charge in [-0.1, -0.05) is 48.5 Å². The molecule has 3 aromatic carbocycles. The molecule has 0 heterocycles. The molecule has 3 aromatic rings. The Bertz CT molecular complexity index is 1100. The first-order valence-corrected chi connectivity index (χ1v) is 9.98. The van der Waals surface area contributed by atoms with Crippen molar-refractivity contribution in [2.24, 2.45) is 0 Å². The summed E-state index contributed by atoms with van der Waals surface area (Å²) in [6.07, 6.45) is 0.711. The number of hydrogen-bond donors (Lipinski definition) is 2. The van der Waals surface area contributed by atoms with Crippen LogP contribution in [0.3, 0.4) is 0 Å². The lowest BCUT2D eigenvalue weighted by atomic mass is 10.1. The molecule has 0 bridgehead atoms. The van der Waals surface area contributed by atoms with Gasteiger partial charge in [0, 0.05) is 12.5 Å². The van der Waals surface area contributed by atoms with Crippen LogP contribution in [0, 0.1) is 17.0 Å². The SMILES string of the molecule is Cc1c(NC(=S)NC(=O)c2ccccc2OCCc2ccccc2)cccc1[N+](=O)[O-]. The summed E-state index contributed by atoms with van der Waals surface area (Å²) in [7, 11) is 0. The van der Waals surface area contributed by atoms with Gasteiger partial charge >= 0.3 is 0 Å². The third-order valence-electron chi connectivity index (χ3n) is 4.60. The highest BCUT2D eigenvalue weighted by Crippen LogP contribution is 2.25. The molecule has 0 saturated carbocycles. The maximum Gasteiger partial charge on any atom is 0.274 e. The molecule has 0 aromatic heterocycles. The van der Waals surface area contributed by atoms with Gasteiger partial charge in [-0.25, -0.2) is 0 Å². The molecule has 0 aliphatic carbocycles. The molecule has 0 unspecified atom stereocenters. The summed E-state index contributed by atoms with van der Waals surface area (Å²) in [5.74, 6) is 0.0150. The Kier molecular flexibility index (Phi) is 7.29. The number of amides is 1. The van der Waals surface area contributed by atoms with E-state index in [0.717, 1.165) is 5.56 Å². The Hall–Kier alpha value is -3.78. The first kappa shape index (κ1) is 21.9. The first-order chi connectivity index (χ1) is 15.0. The fourth-order valence-electron chi connectivity index (χ4n) is 2.98. The van der Waals surface area contributed by atoms with E-state index < -0.39 is 10.8 Å². The van der Waals surface area contributed by atoms with Crippen molar-refractivity contribution in [1.82, 2.24) is 5.32 Å². The largest absolute Gasteiger partial charge is 0.492 e. The number of carbonyl (C=O) groups excluding carboxylic acids is 1. The van der Waals surface area contributed by atoms with Crippen LogP contribution in [0.15, 0.2) is 72.8 Å². The Morgan fingerprint density at radius 2 is 1.74 bits per heavy atom. The van der Waals surface area contributed by atoms with E-state index in [0.29, 0.717) is 35.6 Å². The number of nitro benzene ring substituents is 1. The Morgan fingerprint density at radius 3 is 2.48 bits per heavy atom. The molecule has 3 rings (SSSR count). The molecule has 0 saturated heterocycles. The number of nitro groups is 1. The average molecular weight is 436 g/mol. The quantitative estimate of drug-likeness (QED) is 0.319. The average Bonchev–Trinajstić information content (AvgIpc) is 2.76. The minimum Gasteiger partial charge on any atom is -0.492 e. The van der Waals surface area contributed by atoms with E-state index >= 15 is 0 Å². The van der Waals surface area contributed by atoms with Crippen molar-refractivity contribution in [2.45, 2.75) is 13.3 Å². The van der Waals surface area contributed by atoms with Crippen LogP contribution in [0.1, 0.15) is 21.5 Å². The lowest BCUT2D eigenvalue weighted by molar-refractivity contribution is -0.385. The Balaban J connectivity index is 1.63. The molecule has 158 valence electrons. The first-order valence-electron chi connectivity index (χ1n) is 9.58. The lowest BCUT2D eigenvalue weighted by Gasteiger charge is -2.14. The molecule has 1 amide bonds. The second-order valence-corrected chi connectivity index (χ2v) is 7.10. The van der Waals surface area contributed by atoms with Crippen molar-refractivity contribution in [2.75, 3.05) is 11.9 Å². The maximum atomic E-state index is 12.7. The number of carbonyl (C=O) groups is 1. The molecular weight excluding hydrogens is 414 g/mol. The van der Waals surface area contributed by atoms with Crippen molar-refractivity contribution in [1.29, 1.82) is 0 Å². The second-order valence-electron chi connectivity index (χ2n) is 6.70. The van der Waals surface area contributed by atoms with Gasteiger partial charge in [-0.3, -0.25) is 20.2 Å². The fraction of sp³-hybridized carbons (Fsp3) is 0.130. The Labute approximate surface area is 185 Å². The van der Waals surface area contributed by atoms with Crippen molar-refractivity contribution in [3.63, 3.8) is 0 Å². The Morgan fingerprint density at radius 1 is 1.03 bits per heavy atom. The van der Waals surface area contributed by atoms with Crippen molar-refractivity contribution < 1.29 is 14.5 Å². The highest BCUT2D eigenvalue weighted by atomic mass is 32.1. The van der Waals surface area contributed by atoms with E-state index in [2.05, 4.69) is 10.6 Å². The minimum absolute atomic E-state index is 0.0312. The number of thiocarbonyl (C=S) groups is 1. The van der Waals surface area contributed by atoms with E-state index in [1.165, 1.54) is 6.07 Å². The van der Waals surface area contributed by atoms with Gasteiger partial charge in [-0.15, -0.1) is 0 Å². The summed E-state index contributed by atoms with van der Waals surface area (Å²) in [5, 5.41) is 16.6. The van der Waals surface area contributed by atoms with E-state index in [1.807, 2.05) is 30.3 Å². The molecule has 31 heavy (non-hydrogen) atoms. The zero-order chi connectivity index (χ0) is 22.2. The second kappa shape index (κ2) is 10.3. The molecule has 0 fully saturated rings. The van der Waals surface area contributed by atoms with Crippen LogP contribution in [0.5, 0.6) is 5.75 Å². The lowest BCUT2D eigenvalue weighted by Crippen LogP contribution is -2.34. The van der Waals surface area contributed by atoms with E-state index in [4.69, 9.17) is 17.0 Å². The van der Waals surface area contributed by atoms with Crippen molar-refractivity contribution in [3.05, 3.63) is 99.6 Å². The summed E-state index contributed by atoms with van der Waals surface area (Å²) < 4.78 is 5.82. The molecule has 0 aliphatic rings. The van der Waals surface area contributed by atoms with Gasteiger partial charge in [-0.2, -0.15) is 0 Å². The molecule has 0 atom stereocenters. The van der Waals surface area contributed by atoms with Gasteiger partial charge < -0.3 is 10.1 Å². The van der Waals surface area contributed by atoms with Crippen LogP contribution in [-0.4, -0.2) is 22.5 Å². The van der Waals surface area contributed by atoms with E-state index in [1.54, 1.807) is 43.3 Å². The molecule has 0 radical (unpaired) electrons. The zero-order valence-corrected chi connectivity index (χ0v) is 17.6. The topological polar surface area (TPSA) is 93.5 Å². The summed E-state index contributed by atoms with van der Waals surface area (Å²) >= 11 is 5.22. The molecule has 7 nitrogen and oxygen atoms in total. The number of nitrogens with zero attached hydrogens (tertiary/aromatic N) is 1. The summed E-state index contributed by atoms with van der Waals surface area (Å²) in [4.78, 5) is 23.4. The van der Waals surface area contributed by atoms with Gasteiger partial charge in [-0.05, 0) is 42.9 Å². The zero-order valence-electron chi connectivity index (χ0n) is 16.8. The smallest absolute Gasteiger partial charge is 0.274 e. The van der Waals surface area contributed by atoms with Crippen molar-refractivity contribution in [3.8, 4) is 5.75 Å². The molecule has 8 heteroatoms. The number of ether oxygens (including phenoxy) is 1.